The van der Waals surface area contributed by atoms with E-state index in [1.165, 1.54) is 0 Å². The third-order valence-electron chi connectivity index (χ3n) is 4.67. The predicted octanol–water partition coefficient (Wildman–Crippen LogP) is 2.74. The maximum Gasteiger partial charge on any atom is 0.177 e. The number of hydrogen-bond acceptors (Lipinski definition) is 6. The lowest BCUT2D eigenvalue weighted by atomic mass is 9.92. The predicted molar refractivity (Wildman–Crippen MR) is 101 cm³/mol. The van der Waals surface area contributed by atoms with Crippen LogP contribution in [0.1, 0.15) is 25.7 Å². The van der Waals surface area contributed by atoms with Gasteiger partial charge in [-0.15, -0.1) is 5.10 Å². The summed E-state index contributed by atoms with van der Waals surface area (Å²) in [6, 6.07) is 10.4. The molecule has 4 rings (SSSR count). The fourth-order valence-corrected chi connectivity index (χ4v) is 3.27. The first kappa shape index (κ1) is 15.7. The van der Waals surface area contributed by atoms with E-state index in [2.05, 4.69) is 20.7 Å². The van der Waals surface area contributed by atoms with Gasteiger partial charge >= 0.3 is 0 Å². The van der Waals surface area contributed by atoms with Gasteiger partial charge in [0.2, 0.25) is 0 Å². The molecule has 2 aromatic heterocycles. The van der Waals surface area contributed by atoms with E-state index in [1.807, 2.05) is 36.5 Å². The Kier molecular flexibility index (Phi) is 4.15. The number of hydrogen-bond donors (Lipinski definition) is 4. The van der Waals surface area contributed by atoms with Crippen LogP contribution in [0.4, 0.5) is 22.9 Å². The molecule has 6 N–H and O–H groups in total. The Balaban J connectivity index is 1.59. The number of rotatable bonds is 4. The number of imidazole rings is 1. The Morgan fingerprint density at radius 3 is 2.60 bits per heavy atom. The van der Waals surface area contributed by atoms with Crippen LogP contribution in [0.2, 0.25) is 0 Å². The Morgan fingerprint density at radius 2 is 1.84 bits per heavy atom. The molecule has 1 aromatic carbocycles. The van der Waals surface area contributed by atoms with Crippen LogP contribution in [-0.4, -0.2) is 26.7 Å². The van der Waals surface area contributed by atoms with E-state index in [4.69, 9.17) is 11.5 Å². The van der Waals surface area contributed by atoms with Crippen LogP contribution in [0.15, 0.2) is 42.7 Å². The molecule has 3 aromatic rings. The van der Waals surface area contributed by atoms with Crippen molar-refractivity contribution in [1.82, 2.24) is 14.6 Å². The van der Waals surface area contributed by atoms with E-state index in [-0.39, 0.29) is 0 Å². The van der Waals surface area contributed by atoms with Gasteiger partial charge in [0.1, 0.15) is 5.82 Å². The topological polar surface area (TPSA) is 106 Å². The monoisotopic (exact) mass is 337 g/mol. The van der Waals surface area contributed by atoms with Crippen LogP contribution >= 0.6 is 0 Å². The van der Waals surface area contributed by atoms with Gasteiger partial charge in [-0.3, -0.25) is 0 Å². The van der Waals surface area contributed by atoms with Crippen molar-refractivity contribution < 1.29 is 0 Å². The maximum absolute atomic E-state index is 6.00. The van der Waals surface area contributed by atoms with Crippen molar-refractivity contribution in [3.05, 3.63) is 42.7 Å². The molecule has 0 saturated heterocycles. The van der Waals surface area contributed by atoms with Crippen LogP contribution in [0.5, 0.6) is 0 Å². The van der Waals surface area contributed by atoms with Gasteiger partial charge in [-0.05, 0) is 49.9 Å². The van der Waals surface area contributed by atoms with Gasteiger partial charge in [0.15, 0.2) is 5.65 Å². The van der Waals surface area contributed by atoms with Crippen LogP contribution in [0, 0.1) is 0 Å². The Morgan fingerprint density at radius 1 is 1.08 bits per heavy atom. The van der Waals surface area contributed by atoms with Crippen LogP contribution in [0.3, 0.4) is 0 Å². The van der Waals surface area contributed by atoms with Crippen molar-refractivity contribution in [2.75, 3.05) is 16.4 Å². The highest BCUT2D eigenvalue weighted by Gasteiger charge is 2.19. The molecular formula is C18H23N7. The summed E-state index contributed by atoms with van der Waals surface area (Å²) in [5, 5.41) is 11.6. The molecule has 0 spiro atoms. The van der Waals surface area contributed by atoms with Gasteiger partial charge in [0.05, 0.1) is 5.69 Å². The highest BCUT2D eigenvalue weighted by atomic mass is 15.3. The summed E-state index contributed by atoms with van der Waals surface area (Å²) >= 11 is 0. The first-order valence-corrected chi connectivity index (χ1v) is 8.66. The van der Waals surface area contributed by atoms with Crippen molar-refractivity contribution >= 4 is 28.5 Å². The van der Waals surface area contributed by atoms with Crippen molar-refractivity contribution in [2.45, 2.75) is 37.8 Å². The normalized spacial score (nSPS) is 20.5. The molecule has 130 valence electrons. The average molecular weight is 337 g/mol. The molecule has 1 aliphatic rings. The SMILES string of the molecule is Nc1ccc(Nc2cc(N[C@H]3CC[C@H](N)CC3)nn3ccnc23)cc1. The van der Waals surface area contributed by atoms with Gasteiger partial charge in [0, 0.05) is 41.9 Å². The minimum atomic E-state index is 0.338. The minimum absolute atomic E-state index is 0.338. The Bertz CT molecular complexity index is 847. The Labute approximate surface area is 146 Å². The minimum Gasteiger partial charge on any atom is -0.399 e. The zero-order valence-electron chi connectivity index (χ0n) is 14.0. The molecule has 7 heteroatoms. The van der Waals surface area contributed by atoms with Crippen LogP contribution < -0.4 is 22.1 Å². The number of fused-ring (bicyclic) bond motifs is 1. The first-order valence-electron chi connectivity index (χ1n) is 8.66. The van der Waals surface area contributed by atoms with Crippen molar-refractivity contribution in [2.24, 2.45) is 5.73 Å². The third-order valence-corrected chi connectivity index (χ3v) is 4.67. The van der Waals surface area contributed by atoms with Crippen molar-refractivity contribution in [1.29, 1.82) is 0 Å². The lowest BCUT2D eigenvalue weighted by Gasteiger charge is -2.27. The zero-order valence-corrected chi connectivity index (χ0v) is 14.0. The molecular weight excluding hydrogens is 314 g/mol. The lowest BCUT2D eigenvalue weighted by Crippen LogP contribution is -2.33. The highest BCUT2D eigenvalue weighted by Crippen LogP contribution is 2.26. The number of nitrogen functional groups attached to an aromatic ring is 1. The number of nitrogens with two attached hydrogens (primary N) is 2. The van der Waals surface area contributed by atoms with E-state index in [0.29, 0.717) is 12.1 Å². The highest BCUT2D eigenvalue weighted by molar-refractivity contribution is 5.76. The van der Waals surface area contributed by atoms with Gasteiger partial charge in [-0.25, -0.2) is 9.50 Å². The number of nitrogens with one attached hydrogen (secondary N) is 2. The summed E-state index contributed by atoms with van der Waals surface area (Å²) < 4.78 is 1.79. The number of aromatic nitrogens is 3. The third kappa shape index (κ3) is 3.51. The molecule has 0 aliphatic heterocycles. The molecule has 1 fully saturated rings. The van der Waals surface area contributed by atoms with Crippen LogP contribution in [-0.2, 0) is 0 Å². The summed E-state index contributed by atoms with van der Waals surface area (Å²) in [5.41, 5.74) is 15.1. The summed E-state index contributed by atoms with van der Waals surface area (Å²) in [5.74, 6) is 0.837. The standard InChI is InChI=1S/C18H23N7/c19-12-1-5-14(6-2-12)22-16-11-17(24-25-10-9-21-18(16)25)23-15-7-3-13(20)4-8-15/h1-2,5-6,9-11,13,15,22H,3-4,7-8,19-20H2,(H,23,24)/t13-,15-. The lowest BCUT2D eigenvalue weighted by molar-refractivity contribution is 0.410. The summed E-state index contributed by atoms with van der Waals surface area (Å²) in [7, 11) is 0. The quantitative estimate of drug-likeness (QED) is 0.545. The summed E-state index contributed by atoms with van der Waals surface area (Å²) in [4.78, 5) is 4.40. The van der Waals surface area contributed by atoms with Gasteiger partial charge in [-0.2, -0.15) is 0 Å². The molecule has 0 bridgehead atoms. The first-order chi connectivity index (χ1) is 12.2. The van der Waals surface area contributed by atoms with E-state index in [9.17, 15) is 0 Å². The molecule has 0 amide bonds. The summed E-state index contributed by atoms with van der Waals surface area (Å²) in [6.45, 7) is 0. The second-order valence-electron chi connectivity index (χ2n) is 6.64. The van der Waals surface area contributed by atoms with Gasteiger partial charge < -0.3 is 22.1 Å². The average Bonchev–Trinajstić information content (AvgIpc) is 3.08. The second kappa shape index (κ2) is 6.60. The zero-order chi connectivity index (χ0) is 17.2. The molecule has 0 unspecified atom stereocenters. The maximum atomic E-state index is 6.00. The van der Waals surface area contributed by atoms with Gasteiger partial charge in [-0.1, -0.05) is 0 Å². The smallest absolute Gasteiger partial charge is 0.177 e. The van der Waals surface area contributed by atoms with Crippen LogP contribution in [0.25, 0.3) is 5.65 Å². The van der Waals surface area contributed by atoms with E-state index in [0.717, 1.165) is 54.2 Å². The molecule has 1 aliphatic carbocycles. The van der Waals surface area contributed by atoms with Crippen molar-refractivity contribution in [3.63, 3.8) is 0 Å². The van der Waals surface area contributed by atoms with E-state index < -0.39 is 0 Å². The number of nitrogens with zero attached hydrogens (tertiary/aromatic N) is 3. The van der Waals surface area contributed by atoms with Gasteiger partial charge in [0.25, 0.3) is 0 Å². The molecule has 2 heterocycles. The molecule has 0 radical (unpaired) electrons. The second-order valence-corrected chi connectivity index (χ2v) is 6.64. The largest absolute Gasteiger partial charge is 0.399 e. The van der Waals surface area contributed by atoms with Crippen molar-refractivity contribution in [3.8, 4) is 0 Å². The fraction of sp³-hybridized carbons (Fsp3) is 0.333. The number of anilines is 4. The summed E-state index contributed by atoms with van der Waals surface area (Å²) in [6.07, 6.45) is 7.87. The molecule has 7 nitrogen and oxygen atoms in total. The van der Waals surface area contributed by atoms with E-state index >= 15 is 0 Å². The molecule has 25 heavy (non-hydrogen) atoms. The molecule has 0 atom stereocenters. The number of benzene rings is 1. The van der Waals surface area contributed by atoms with E-state index in [1.54, 1.807) is 10.7 Å². The Hall–Kier alpha value is -2.80. The fourth-order valence-electron chi connectivity index (χ4n) is 3.27. The molecule has 1 saturated carbocycles.